The summed E-state index contributed by atoms with van der Waals surface area (Å²) in [6.45, 7) is 3.81. The van der Waals surface area contributed by atoms with E-state index < -0.39 is 0 Å². The van der Waals surface area contributed by atoms with Crippen LogP contribution in [0.15, 0.2) is 0 Å². The number of aromatic nitrogens is 2. The molecule has 1 amide bonds. The normalized spacial score (nSPS) is 16.1. The third kappa shape index (κ3) is 3.51. The number of aryl methyl sites for hydroxylation is 2. The standard InChI is InChI=1S/C13H21N3OS/c1-9-13(10(2)16-15-9)14-12(17)8-18-7-11-5-3-4-6-11/h11H,3-8H2,1-2H3,(H,14,17)(H,15,16). The zero-order valence-electron chi connectivity index (χ0n) is 11.1. The summed E-state index contributed by atoms with van der Waals surface area (Å²) in [4.78, 5) is 11.8. The summed E-state index contributed by atoms with van der Waals surface area (Å²) >= 11 is 1.75. The quantitative estimate of drug-likeness (QED) is 0.862. The highest BCUT2D eigenvalue weighted by Crippen LogP contribution is 2.27. The van der Waals surface area contributed by atoms with E-state index in [9.17, 15) is 4.79 Å². The molecule has 18 heavy (non-hydrogen) atoms. The average Bonchev–Trinajstić information content (AvgIpc) is 2.94. The zero-order valence-corrected chi connectivity index (χ0v) is 11.9. The molecule has 0 aromatic carbocycles. The van der Waals surface area contributed by atoms with Crippen LogP contribution in [0.2, 0.25) is 0 Å². The first-order valence-corrected chi connectivity index (χ1v) is 7.71. The van der Waals surface area contributed by atoms with Crippen molar-refractivity contribution >= 4 is 23.4 Å². The molecule has 0 bridgehead atoms. The number of H-pyrrole nitrogens is 1. The maximum Gasteiger partial charge on any atom is 0.234 e. The molecule has 1 aliphatic carbocycles. The molecular weight excluding hydrogens is 246 g/mol. The third-order valence-corrected chi connectivity index (χ3v) is 4.63. The Balaban J connectivity index is 1.72. The number of hydrogen-bond acceptors (Lipinski definition) is 3. The first-order chi connectivity index (χ1) is 8.66. The molecule has 1 heterocycles. The second-order valence-electron chi connectivity index (χ2n) is 5.02. The minimum absolute atomic E-state index is 0.0746. The maximum atomic E-state index is 11.8. The average molecular weight is 267 g/mol. The van der Waals surface area contributed by atoms with Crippen LogP contribution in [0.5, 0.6) is 0 Å². The summed E-state index contributed by atoms with van der Waals surface area (Å²) in [7, 11) is 0. The minimum atomic E-state index is 0.0746. The largest absolute Gasteiger partial charge is 0.322 e. The molecule has 0 radical (unpaired) electrons. The highest BCUT2D eigenvalue weighted by Gasteiger charge is 2.16. The predicted octanol–water partition coefficient (Wildman–Crippen LogP) is 2.89. The topological polar surface area (TPSA) is 57.8 Å². The Morgan fingerprint density at radius 3 is 2.78 bits per heavy atom. The van der Waals surface area contributed by atoms with E-state index in [1.54, 1.807) is 11.8 Å². The lowest BCUT2D eigenvalue weighted by molar-refractivity contribution is -0.113. The number of amides is 1. The summed E-state index contributed by atoms with van der Waals surface area (Å²) in [5.74, 6) is 2.57. The monoisotopic (exact) mass is 267 g/mol. The van der Waals surface area contributed by atoms with Gasteiger partial charge in [-0.3, -0.25) is 9.89 Å². The number of rotatable bonds is 5. The highest BCUT2D eigenvalue weighted by atomic mass is 32.2. The highest BCUT2D eigenvalue weighted by molar-refractivity contribution is 7.99. The fourth-order valence-electron chi connectivity index (χ4n) is 2.41. The molecule has 0 atom stereocenters. The molecule has 4 nitrogen and oxygen atoms in total. The van der Waals surface area contributed by atoms with Gasteiger partial charge in [0.1, 0.15) is 0 Å². The van der Waals surface area contributed by atoms with Gasteiger partial charge in [0, 0.05) is 0 Å². The maximum absolute atomic E-state index is 11.8. The Morgan fingerprint density at radius 1 is 1.44 bits per heavy atom. The molecule has 2 rings (SSSR count). The number of nitrogens with zero attached hydrogens (tertiary/aromatic N) is 1. The van der Waals surface area contributed by atoms with Crippen LogP contribution in [-0.4, -0.2) is 27.6 Å². The molecule has 2 N–H and O–H groups in total. The smallest absolute Gasteiger partial charge is 0.234 e. The number of hydrogen-bond donors (Lipinski definition) is 2. The molecule has 1 aromatic rings. The van der Waals surface area contributed by atoms with Crippen LogP contribution in [0.3, 0.4) is 0 Å². The predicted molar refractivity (Wildman–Crippen MR) is 76.0 cm³/mol. The molecule has 1 aliphatic rings. The van der Waals surface area contributed by atoms with Gasteiger partial charge in [0.05, 0.1) is 22.8 Å². The van der Waals surface area contributed by atoms with Crippen molar-refractivity contribution in [2.45, 2.75) is 39.5 Å². The molecule has 0 saturated heterocycles. The molecule has 0 aliphatic heterocycles. The Labute approximate surface area is 112 Å². The van der Waals surface area contributed by atoms with Crippen LogP contribution < -0.4 is 5.32 Å². The number of carbonyl (C=O) groups is 1. The number of carbonyl (C=O) groups excluding carboxylic acids is 1. The van der Waals surface area contributed by atoms with Gasteiger partial charge in [0.25, 0.3) is 0 Å². The van der Waals surface area contributed by atoms with Crippen LogP contribution in [0.1, 0.15) is 37.1 Å². The molecule has 0 unspecified atom stereocenters. The van der Waals surface area contributed by atoms with E-state index in [1.807, 2.05) is 13.8 Å². The van der Waals surface area contributed by atoms with E-state index >= 15 is 0 Å². The van der Waals surface area contributed by atoms with E-state index in [0.29, 0.717) is 5.75 Å². The fourth-order valence-corrected chi connectivity index (χ4v) is 3.45. The van der Waals surface area contributed by atoms with Gasteiger partial charge < -0.3 is 5.32 Å². The SMILES string of the molecule is Cc1n[nH]c(C)c1NC(=O)CSCC1CCCC1. The van der Waals surface area contributed by atoms with Crippen molar-refractivity contribution in [2.75, 3.05) is 16.8 Å². The molecule has 1 saturated carbocycles. The first-order valence-electron chi connectivity index (χ1n) is 6.56. The van der Waals surface area contributed by atoms with Crippen LogP contribution in [0.25, 0.3) is 0 Å². The fraction of sp³-hybridized carbons (Fsp3) is 0.692. The lowest BCUT2D eigenvalue weighted by Crippen LogP contribution is -2.16. The van der Waals surface area contributed by atoms with Crippen molar-refractivity contribution in [3.63, 3.8) is 0 Å². The van der Waals surface area contributed by atoms with Gasteiger partial charge in [0.2, 0.25) is 5.91 Å². The van der Waals surface area contributed by atoms with Crippen molar-refractivity contribution in [3.8, 4) is 0 Å². The van der Waals surface area contributed by atoms with Gasteiger partial charge in [-0.15, -0.1) is 0 Å². The van der Waals surface area contributed by atoms with Gasteiger partial charge in [-0.25, -0.2) is 0 Å². The Morgan fingerprint density at radius 2 is 2.17 bits per heavy atom. The lowest BCUT2D eigenvalue weighted by Gasteiger charge is -2.08. The van der Waals surface area contributed by atoms with E-state index in [1.165, 1.54) is 25.7 Å². The number of aromatic amines is 1. The molecule has 100 valence electrons. The first kappa shape index (κ1) is 13.5. The lowest BCUT2D eigenvalue weighted by atomic mass is 10.1. The molecule has 1 fully saturated rings. The van der Waals surface area contributed by atoms with Crippen molar-refractivity contribution in [3.05, 3.63) is 11.4 Å². The zero-order chi connectivity index (χ0) is 13.0. The number of anilines is 1. The van der Waals surface area contributed by atoms with Crippen molar-refractivity contribution in [1.29, 1.82) is 0 Å². The van der Waals surface area contributed by atoms with Crippen molar-refractivity contribution in [1.82, 2.24) is 10.2 Å². The number of nitrogens with one attached hydrogen (secondary N) is 2. The summed E-state index contributed by atoms with van der Waals surface area (Å²) in [6.07, 6.45) is 5.42. The van der Waals surface area contributed by atoms with E-state index in [4.69, 9.17) is 0 Å². The van der Waals surface area contributed by atoms with Crippen molar-refractivity contribution < 1.29 is 4.79 Å². The molecule has 0 spiro atoms. The number of thioether (sulfide) groups is 1. The van der Waals surface area contributed by atoms with Gasteiger partial charge in [-0.1, -0.05) is 12.8 Å². The van der Waals surface area contributed by atoms with E-state index in [0.717, 1.165) is 28.7 Å². The Kier molecular flexibility index (Phi) is 4.69. The summed E-state index contributed by atoms with van der Waals surface area (Å²) in [6, 6.07) is 0. The molecule has 5 heteroatoms. The second kappa shape index (κ2) is 6.27. The summed E-state index contributed by atoms with van der Waals surface area (Å²) in [5.41, 5.74) is 2.60. The molecule has 1 aromatic heterocycles. The molecular formula is C13H21N3OS. The van der Waals surface area contributed by atoms with Crippen LogP contribution in [-0.2, 0) is 4.79 Å². The third-order valence-electron chi connectivity index (χ3n) is 3.45. The van der Waals surface area contributed by atoms with Crippen LogP contribution in [0.4, 0.5) is 5.69 Å². The van der Waals surface area contributed by atoms with E-state index in [-0.39, 0.29) is 5.91 Å². The van der Waals surface area contributed by atoms with Gasteiger partial charge in [0.15, 0.2) is 0 Å². The van der Waals surface area contributed by atoms with Gasteiger partial charge in [-0.05, 0) is 38.4 Å². The Hall–Kier alpha value is -0.970. The van der Waals surface area contributed by atoms with Crippen LogP contribution in [0, 0.1) is 19.8 Å². The second-order valence-corrected chi connectivity index (χ2v) is 6.05. The Bertz CT molecular complexity index is 391. The van der Waals surface area contributed by atoms with Crippen molar-refractivity contribution in [2.24, 2.45) is 5.92 Å². The summed E-state index contributed by atoms with van der Waals surface area (Å²) < 4.78 is 0. The van der Waals surface area contributed by atoms with Gasteiger partial charge >= 0.3 is 0 Å². The summed E-state index contributed by atoms with van der Waals surface area (Å²) in [5, 5.41) is 9.87. The minimum Gasteiger partial charge on any atom is -0.322 e. The van der Waals surface area contributed by atoms with Crippen LogP contribution >= 0.6 is 11.8 Å². The van der Waals surface area contributed by atoms with Gasteiger partial charge in [-0.2, -0.15) is 16.9 Å². The van der Waals surface area contributed by atoms with E-state index in [2.05, 4.69) is 15.5 Å².